The van der Waals surface area contributed by atoms with E-state index in [9.17, 15) is 13.2 Å². The fraction of sp³-hybridized carbons (Fsp3) is 0.214. The summed E-state index contributed by atoms with van der Waals surface area (Å²) in [5.74, 6) is 0.724. The second-order valence-electron chi connectivity index (χ2n) is 8.44. The van der Waals surface area contributed by atoms with Crippen molar-refractivity contribution in [3.05, 3.63) is 101 Å². The zero-order valence-corrected chi connectivity index (χ0v) is 22.2. The van der Waals surface area contributed by atoms with E-state index in [0.29, 0.717) is 34.9 Å². The van der Waals surface area contributed by atoms with Crippen LogP contribution in [0.5, 0.6) is 11.5 Å². The molecule has 3 rings (SSSR count). The highest BCUT2D eigenvalue weighted by Gasteiger charge is 2.18. The molecule has 8 nitrogen and oxygen atoms in total. The van der Waals surface area contributed by atoms with E-state index in [-0.39, 0.29) is 6.54 Å². The highest BCUT2D eigenvalue weighted by atomic mass is 32.2. The molecular formula is C28H31N3O5S. The van der Waals surface area contributed by atoms with Crippen LogP contribution >= 0.6 is 0 Å². The van der Waals surface area contributed by atoms with Crippen LogP contribution in [0.1, 0.15) is 32.6 Å². The van der Waals surface area contributed by atoms with E-state index < -0.39 is 15.9 Å². The van der Waals surface area contributed by atoms with Gasteiger partial charge in [0, 0.05) is 5.56 Å². The van der Waals surface area contributed by atoms with Crippen LogP contribution < -0.4 is 19.2 Å². The molecule has 194 valence electrons. The third kappa shape index (κ3) is 7.44. The highest BCUT2D eigenvalue weighted by Crippen LogP contribution is 2.27. The smallest absolute Gasteiger partial charge is 0.271 e. The van der Waals surface area contributed by atoms with Crippen molar-refractivity contribution in [2.45, 2.75) is 20.4 Å². The lowest BCUT2D eigenvalue weighted by Gasteiger charge is -2.23. The Morgan fingerprint density at radius 2 is 1.76 bits per heavy atom. The molecule has 0 aliphatic carbocycles. The lowest BCUT2D eigenvalue weighted by Crippen LogP contribution is -2.29. The van der Waals surface area contributed by atoms with Gasteiger partial charge >= 0.3 is 0 Å². The SMILES string of the molecule is C=CCOc1ccc(/C=N\NC(=O)c2ccc(CN(c3ccc(C)c(C)c3)S(C)(=O)=O)cc2)cc1OC. The lowest BCUT2D eigenvalue weighted by atomic mass is 10.1. The molecule has 0 aromatic heterocycles. The summed E-state index contributed by atoms with van der Waals surface area (Å²) < 4.78 is 37.2. The number of amides is 1. The maximum atomic E-state index is 12.5. The fourth-order valence-electron chi connectivity index (χ4n) is 3.47. The molecule has 1 N–H and O–H groups in total. The van der Waals surface area contributed by atoms with Crippen LogP contribution in [0.4, 0.5) is 5.69 Å². The standard InChI is InChI=1S/C28H31N3O5S/c1-6-15-36-26-14-10-23(17-27(26)35-4)18-29-30-28(32)24-11-8-22(9-12-24)19-31(37(5,33)34)25-13-7-20(2)21(3)16-25/h6-14,16-18H,1,15,19H2,2-5H3,(H,30,32)/b29-18-. The molecule has 1 amide bonds. The fourth-order valence-corrected chi connectivity index (χ4v) is 4.35. The third-order valence-electron chi connectivity index (χ3n) is 5.65. The number of hydrogen-bond acceptors (Lipinski definition) is 6. The number of methoxy groups -OCH3 is 1. The summed E-state index contributed by atoms with van der Waals surface area (Å²) in [6, 6.07) is 17.6. The molecule has 0 radical (unpaired) electrons. The minimum atomic E-state index is -3.51. The molecule has 0 aliphatic heterocycles. The second kappa shape index (κ2) is 12.2. The summed E-state index contributed by atoms with van der Waals surface area (Å²) in [5.41, 5.74) is 7.04. The first kappa shape index (κ1) is 27.5. The molecule has 0 saturated carbocycles. The Labute approximate surface area is 218 Å². The number of aryl methyl sites for hydroxylation is 2. The van der Waals surface area contributed by atoms with Gasteiger partial charge in [-0.15, -0.1) is 0 Å². The quantitative estimate of drug-likeness (QED) is 0.226. The molecule has 37 heavy (non-hydrogen) atoms. The molecule has 0 heterocycles. The molecule has 0 aliphatic rings. The van der Waals surface area contributed by atoms with Crippen molar-refractivity contribution in [2.75, 3.05) is 24.3 Å². The van der Waals surface area contributed by atoms with Gasteiger partial charge in [0.15, 0.2) is 11.5 Å². The molecule has 0 saturated heterocycles. The van der Waals surface area contributed by atoms with E-state index in [1.165, 1.54) is 16.8 Å². The van der Waals surface area contributed by atoms with Crippen LogP contribution in [0, 0.1) is 13.8 Å². The minimum absolute atomic E-state index is 0.149. The number of rotatable bonds is 11. The third-order valence-corrected chi connectivity index (χ3v) is 6.79. The van der Waals surface area contributed by atoms with Crippen molar-refractivity contribution in [1.82, 2.24) is 5.43 Å². The first-order valence-electron chi connectivity index (χ1n) is 11.5. The van der Waals surface area contributed by atoms with Crippen molar-refractivity contribution in [1.29, 1.82) is 0 Å². The zero-order valence-electron chi connectivity index (χ0n) is 21.4. The molecule has 0 unspecified atom stereocenters. The number of benzene rings is 3. The van der Waals surface area contributed by atoms with Gasteiger partial charge in [0.05, 0.1) is 31.8 Å². The van der Waals surface area contributed by atoms with Gasteiger partial charge in [-0.25, -0.2) is 13.8 Å². The number of sulfonamides is 1. The van der Waals surface area contributed by atoms with Crippen molar-refractivity contribution >= 4 is 27.8 Å². The van der Waals surface area contributed by atoms with Crippen molar-refractivity contribution in [3.8, 4) is 11.5 Å². The molecule has 3 aromatic rings. The Balaban J connectivity index is 1.67. The number of hydrazone groups is 1. The summed E-state index contributed by atoms with van der Waals surface area (Å²) in [7, 11) is -1.97. The van der Waals surface area contributed by atoms with Crippen molar-refractivity contribution in [2.24, 2.45) is 5.10 Å². The predicted molar refractivity (Wildman–Crippen MR) is 147 cm³/mol. The normalized spacial score (nSPS) is 11.2. The lowest BCUT2D eigenvalue weighted by molar-refractivity contribution is 0.0955. The van der Waals surface area contributed by atoms with E-state index >= 15 is 0 Å². The summed E-state index contributed by atoms with van der Waals surface area (Å²) in [4.78, 5) is 12.5. The number of anilines is 1. The van der Waals surface area contributed by atoms with Crippen molar-refractivity contribution < 1.29 is 22.7 Å². The molecule has 0 fully saturated rings. The van der Waals surface area contributed by atoms with Crippen LogP contribution in [0.25, 0.3) is 0 Å². The minimum Gasteiger partial charge on any atom is -0.493 e. The van der Waals surface area contributed by atoms with Gasteiger partial charge in [0.25, 0.3) is 5.91 Å². The highest BCUT2D eigenvalue weighted by molar-refractivity contribution is 7.92. The zero-order chi connectivity index (χ0) is 27.0. The van der Waals surface area contributed by atoms with Crippen LogP contribution in [-0.2, 0) is 16.6 Å². The van der Waals surface area contributed by atoms with E-state index in [1.54, 1.807) is 61.7 Å². The Kier molecular flexibility index (Phi) is 9.08. The van der Waals surface area contributed by atoms with Gasteiger partial charge in [-0.1, -0.05) is 30.9 Å². The summed E-state index contributed by atoms with van der Waals surface area (Å²) >= 11 is 0. The van der Waals surface area contributed by atoms with Gasteiger partial charge in [-0.05, 0) is 78.6 Å². The number of hydrogen-bond donors (Lipinski definition) is 1. The summed E-state index contributed by atoms with van der Waals surface area (Å²) in [5, 5.41) is 4.02. The van der Waals surface area contributed by atoms with E-state index in [4.69, 9.17) is 9.47 Å². The number of ether oxygens (including phenoxy) is 2. The number of nitrogens with zero attached hydrogens (tertiary/aromatic N) is 2. The molecule has 0 spiro atoms. The van der Waals surface area contributed by atoms with Crippen LogP contribution in [0.15, 0.2) is 78.4 Å². The van der Waals surface area contributed by atoms with Crippen LogP contribution in [-0.4, -0.2) is 40.5 Å². The first-order valence-corrected chi connectivity index (χ1v) is 13.4. The average molecular weight is 522 g/mol. The molecular weight excluding hydrogens is 490 g/mol. The van der Waals surface area contributed by atoms with E-state index in [1.807, 2.05) is 26.0 Å². The monoisotopic (exact) mass is 521 g/mol. The largest absolute Gasteiger partial charge is 0.493 e. The van der Waals surface area contributed by atoms with Crippen LogP contribution in [0.2, 0.25) is 0 Å². The molecule has 0 atom stereocenters. The Bertz CT molecular complexity index is 1400. The van der Waals surface area contributed by atoms with Gasteiger partial charge < -0.3 is 9.47 Å². The second-order valence-corrected chi connectivity index (χ2v) is 10.4. The number of nitrogens with one attached hydrogen (secondary N) is 1. The Morgan fingerprint density at radius 3 is 2.38 bits per heavy atom. The molecule has 9 heteroatoms. The maximum absolute atomic E-state index is 12.5. The van der Waals surface area contributed by atoms with E-state index in [0.717, 1.165) is 16.7 Å². The maximum Gasteiger partial charge on any atom is 0.271 e. The molecule has 3 aromatic carbocycles. The van der Waals surface area contributed by atoms with Gasteiger partial charge in [0.2, 0.25) is 10.0 Å². The summed E-state index contributed by atoms with van der Waals surface area (Å²) in [6.07, 6.45) is 4.32. The van der Waals surface area contributed by atoms with Gasteiger partial charge in [-0.2, -0.15) is 5.10 Å². The average Bonchev–Trinajstić information content (AvgIpc) is 2.87. The van der Waals surface area contributed by atoms with E-state index in [2.05, 4.69) is 17.1 Å². The topological polar surface area (TPSA) is 97.3 Å². The van der Waals surface area contributed by atoms with Crippen LogP contribution in [0.3, 0.4) is 0 Å². The van der Waals surface area contributed by atoms with Gasteiger partial charge in [0.1, 0.15) is 6.61 Å². The first-order chi connectivity index (χ1) is 17.6. The number of carbonyl (C=O) groups is 1. The van der Waals surface area contributed by atoms with Crippen molar-refractivity contribution in [3.63, 3.8) is 0 Å². The summed E-state index contributed by atoms with van der Waals surface area (Å²) in [6.45, 7) is 8.05. The molecule has 0 bridgehead atoms. The Morgan fingerprint density at radius 1 is 1.03 bits per heavy atom. The number of carbonyl (C=O) groups excluding carboxylic acids is 1. The predicted octanol–water partition coefficient (Wildman–Crippen LogP) is 4.61. The Hall–Kier alpha value is -4.11. The van der Waals surface area contributed by atoms with Gasteiger partial charge in [-0.3, -0.25) is 9.10 Å².